The summed E-state index contributed by atoms with van der Waals surface area (Å²) in [5.74, 6) is -0.721. The molecule has 0 aliphatic carbocycles. The molecule has 8 heteroatoms. The van der Waals surface area contributed by atoms with Crippen LogP contribution in [0.2, 0.25) is 0 Å². The molecule has 2 aliphatic heterocycles. The van der Waals surface area contributed by atoms with E-state index in [4.69, 9.17) is 9.47 Å². The number of aliphatic hydroxyl groups excluding tert-OH is 2. The van der Waals surface area contributed by atoms with Crippen molar-refractivity contribution >= 4 is 17.5 Å². The molecule has 0 bridgehead atoms. The number of likely N-dealkylation sites (N-methyl/N-ethyl adjacent to an activating group) is 1. The number of imide groups is 1. The number of rotatable bonds is 9. The van der Waals surface area contributed by atoms with Gasteiger partial charge in [-0.2, -0.15) is 0 Å². The van der Waals surface area contributed by atoms with E-state index in [-0.39, 0.29) is 36.7 Å². The molecule has 0 radical (unpaired) electrons. The van der Waals surface area contributed by atoms with Crippen molar-refractivity contribution in [2.45, 2.75) is 50.6 Å². The van der Waals surface area contributed by atoms with E-state index in [1.54, 1.807) is 42.5 Å². The molecule has 2 aliphatic rings. The summed E-state index contributed by atoms with van der Waals surface area (Å²) < 4.78 is 13.0. The smallest absolute Gasteiger partial charge is 0.266 e. The molecule has 0 saturated carbocycles. The van der Waals surface area contributed by atoms with Gasteiger partial charge in [-0.15, -0.1) is 0 Å². The molecular formula is C36H36N2O6. The molecule has 6 rings (SSSR count). The van der Waals surface area contributed by atoms with Crippen molar-refractivity contribution in [3.63, 3.8) is 0 Å². The maximum atomic E-state index is 13.2. The van der Waals surface area contributed by atoms with Crippen LogP contribution < -0.4 is 4.90 Å². The van der Waals surface area contributed by atoms with Crippen molar-refractivity contribution in [1.82, 2.24) is 4.90 Å². The van der Waals surface area contributed by atoms with Crippen LogP contribution in [-0.4, -0.2) is 52.7 Å². The SMILES string of the molecule is C[C@H]([C@@H](O)c1ccccc1)N(C)C[C@H]1C[C@@H](c2ccc(CO)cc2)O[C@@H](c2cccc(N3C(=O)c4ccccc4C3=O)c2)O1. The highest BCUT2D eigenvalue weighted by molar-refractivity contribution is 6.34. The van der Waals surface area contributed by atoms with Crippen molar-refractivity contribution in [3.8, 4) is 0 Å². The molecule has 4 aromatic rings. The average Bonchev–Trinajstić information content (AvgIpc) is 3.33. The Morgan fingerprint density at radius 1 is 0.841 bits per heavy atom. The minimum Gasteiger partial charge on any atom is -0.392 e. The normalized spacial score (nSPS) is 21.4. The van der Waals surface area contributed by atoms with Gasteiger partial charge >= 0.3 is 0 Å². The fourth-order valence-electron chi connectivity index (χ4n) is 5.92. The van der Waals surface area contributed by atoms with Crippen LogP contribution in [0.25, 0.3) is 0 Å². The largest absolute Gasteiger partial charge is 0.392 e. The third kappa shape index (κ3) is 5.95. The van der Waals surface area contributed by atoms with Gasteiger partial charge in [-0.1, -0.05) is 78.9 Å². The van der Waals surface area contributed by atoms with Crippen molar-refractivity contribution in [1.29, 1.82) is 0 Å². The summed E-state index contributed by atoms with van der Waals surface area (Å²) in [6, 6.07) is 31.1. The number of fused-ring (bicyclic) bond motifs is 1. The standard InChI is InChI=1S/C36H36N2O6/c1-23(33(40)26-9-4-3-5-10-26)37(2)21-29-20-32(25-17-15-24(22-39)16-18-25)44-36(43-29)27-11-8-12-28(19-27)38-34(41)30-13-6-7-14-31(30)35(38)42/h3-19,23,29,32-33,36,39-40H,20-22H2,1-2H3/t23-,29-,32+,33-,36+/m1/s1. The zero-order chi connectivity index (χ0) is 30.8. The van der Waals surface area contributed by atoms with Gasteiger partial charge in [-0.25, -0.2) is 4.90 Å². The lowest BCUT2D eigenvalue weighted by Crippen LogP contribution is -2.43. The number of hydrogen-bond acceptors (Lipinski definition) is 7. The van der Waals surface area contributed by atoms with Crippen LogP contribution in [-0.2, 0) is 16.1 Å². The summed E-state index contributed by atoms with van der Waals surface area (Å²) in [4.78, 5) is 29.6. The lowest BCUT2D eigenvalue weighted by Gasteiger charge is -2.39. The van der Waals surface area contributed by atoms with Gasteiger partial charge < -0.3 is 19.7 Å². The summed E-state index contributed by atoms with van der Waals surface area (Å²) in [5.41, 5.74) is 4.51. The number of aliphatic hydroxyl groups is 2. The predicted octanol–water partition coefficient (Wildman–Crippen LogP) is 5.58. The molecule has 0 unspecified atom stereocenters. The average molecular weight is 593 g/mol. The number of anilines is 1. The first-order chi connectivity index (χ1) is 21.3. The van der Waals surface area contributed by atoms with E-state index in [9.17, 15) is 19.8 Å². The van der Waals surface area contributed by atoms with E-state index in [0.717, 1.165) is 16.7 Å². The molecule has 5 atom stereocenters. The molecule has 0 aromatic heterocycles. The van der Waals surface area contributed by atoms with E-state index in [1.807, 2.05) is 74.6 Å². The molecule has 44 heavy (non-hydrogen) atoms. The predicted molar refractivity (Wildman–Crippen MR) is 166 cm³/mol. The summed E-state index contributed by atoms with van der Waals surface area (Å²) >= 11 is 0. The van der Waals surface area contributed by atoms with Gasteiger partial charge in [-0.3, -0.25) is 14.5 Å². The highest BCUT2D eigenvalue weighted by Crippen LogP contribution is 2.40. The number of benzene rings is 4. The molecule has 4 aromatic carbocycles. The van der Waals surface area contributed by atoms with E-state index < -0.39 is 12.4 Å². The van der Waals surface area contributed by atoms with Gasteiger partial charge in [0.1, 0.15) is 0 Å². The van der Waals surface area contributed by atoms with Gasteiger partial charge in [0.05, 0.1) is 41.7 Å². The highest BCUT2D eigenvalue weighted by Gasteiger charge is 2.38. The van der Waals surface area contributed by atoms with Gasteiger partial charge in [0, 0.05) is 24.6 Å². The molecule has 8 nitrogen and oxygen atoms in total. The topological polar surface area (TPSA) is 99.5 Å². The third-order valence-corrected chi connectivity index (χ3v) is 8.59. The van der Waals surface area contributed by atoms with Crippen LogP contribution in [0.5, 0.6) is 0 Å². The first kappa shape index (κ1) is 29.9. The number of carbonyl (C=O) groups excluding carboxylic acids is 2. The van der Waals surface area contributed by atoms with Gasteiger partial charge in [-0.05, 0) is 54.9 Å². The van der Waals surface area contributed by atoms with E-state index in [0.29, 0.717) is 35.3 Å². The fourth-order valence-corrected chi connectivity index (χ4v) is 5.92. The van der Waals surface area contributed by atoms with E-state index in [2.05, 4.69) is 4.90 Å². The highest BCUT2D eigenvalue weighted by atomic mass is 16.7. The maximum Gasteiger partial charge on any atom is 0.266 e. The minimum absolute atomic E-state index is 0.0445. The Kier molecular flexibility index (Phi) is 8.70. The second kappa shape index (κ2) is 12.8. The molecule has 2 amide bonds. The lowest BCUT2D eigenvalue weighted by atomic mass is 9.98. The number of nitrogens with zero attached hydrogens (tertiary/aromatic N) is 2. The lowest BCUT2D eigenvalue weighted by molar-refractivity contribution is -0.253. The van der Waals surface area contributed by atoms with Gasteiger partial charge in [0.15, 0.2) is 6.29 Å². The third-order valence-electron chi connectivity index (χ3n) is 8.59. The van der Waals surface area contributed by atoms with Crippen molar-refractivity contribution in [3.05, 3.63) is 137 Å². The molecule has 2 heterocycles. The zero-order valence-electron chi connectivity index (χ0n) is 24.7. The van der Waals surface area contributed by atoms with Crippen molar-refractivity contribution in [2.24, 2.45) is 0 Å². The fraction of sp³-hybridized carbons (Fsp3) is 0.278. The number of amides is 2. The van der Waals surface area contributed by atoms with Crippen LogP contribution >= 0.6 is 0 Å². The maximum absolute atomic E-state index is 13.2. The molecule has 1 fully saturated rings. The summed E-state index contributed by atoms with van der Waals surface area (Å²) in [6.07, 6.45) is -1.43. The number of ether oxygens (including phenoxy) is 2. The number of hydrogen-bond donors (Lipinski definition) is 2. The molecular weight excluding hydrogens is 556 g/mol. The molecule has 1 saturated heterocycles. The van der Waals surface area contributed by atoms with Gasteiger partial charge in [0.2, 0.25) is 0 Å². The quantitative estimate of drug-likeness (QED) is 0.245. The van der Waals surface area contributed by atoms with Crippen molar-refractivity contribution in [2.75, 3.05) is 18.5 Å². The Bertz CT molecular complexity index is 1590. The second-order valence-corrected chi connectivity index (χ2v) is 11.5. The molecule has 0 spiro atoms. The summed E-state index contributed by atoms with van der Waals surface area (Å²) in [5, 5.41) is 20.6. The first-order valence-corrected chi connectivity index (χ1v) is 14.9. The van der Waals surface area contributed by atoms with Crippen LogP contribution in [0.4, 0.5) is 5.69 Å². The monoisotopic (exact) mass is 592 g/mol. The van der Waals surface area contributed by atoms with Crippen LogP contribution in [0.15, 0.2) is 103 Å². The van der Waals surface area contributed by atoms with Crippen LogP contribution in [0.1, 0.15) is 74.8 Å². The Labute approximate surface area is 257 Å². The van der Waals surface area contributed by atoms with Gasteiger partial charge in [0.25, 0.3) is 11.8 Å². The molecule has 2 N–H and O–H groups in total. The second-order valence-electron chi connectivity index (χ2n) is 11.5. The number of carbonyl (C=O) groups is 2. The van der Waals surface area contributed by atoms with E-state index >= 15 is 0 Å². The minimum atomic E-state index is -0.769. The Balaban J connectivity index is 1.26. The van der Waals surface area contributed by atoms with Crippen LogP contribution in [0.3, 0.4) is 0 Å². The summed E-state index contributed by atoms with van der Waals surface area (Å²) in [7, 11) is 1.97. The molecule has 226 valence electrons. The first-order valence-electron chi connectivity index (χ1n) is 14.9. The Morgan fingerprint density at radius 3 is 2.16 bits per heavy atom. The van der Waals surface area contributed by atoms with E-state index in [1.165, 1.54) is 4.90 Å². The Hall–Kier alpha value is -4.18. The Morgan fingerprint density at radius 2 is 1.50 bits per heavy atom. The van der Waals surface area contributed by atoms with Crippen molar-refractivity contribution < 1.29 is 29.3 Å². The summed E-state index contributed by atoms with van der Waals surface area (Å²) in [6.45, 7) is 2.48. The zero-order valence-corrected chi connectivity index (χ0v) is 24.7. The van der Waals surface area contributed by atoms with Crippen LogP contribution in [0, 0.1) is 0 Å².